The van der Waals surface area contributed by atoms with Crippen molar-refractivity contribution in [3.05, 3.63) is 35.9 Å². The third-order valence-electron chi connectivity index (χ3n) is 6.17. The quantitative estimate of drug-likeness (QED) is 0.773. The maximum absolute atomic E-state index is 12.8. The first kappa shape index (κ1) is 24.2. The van der Waals surface area contributed by atoms with Gasteiger partial charge in [-0.3, -0.25) is 9.69 Å². The van der Waals surface area contributed by atoms with Crippen LogP contribution < -0.4 is 11.1 Å². The Bertz CT molecular complexity index is 560. The number of amides is 1. The molecule has 0 spiro atoms. The fourth-order valence-corrected chi connectivity index (χ4v) is 4.87. The average Bonchev–Trinajstić information content (AvgIpc) is 3.08. The van der Waals surface area contributed by atoms with E-state index in [1.807, 2.05) is 0 Å². The van der Waals surface area contributed by atoms with Crippen molar-refractivity contribution in [2.75, 3.05) is 19.6 Å². The Labute approximate surface area is 176 Å². The molecule has 1 aliphatic carbocycles. The molecular weight excluding hydrogens is 381 g/mol. The lowest BCUT2D eigenvalue weighted by atomic mass is 9.84. The lowest BCUT2D eigenvalue weighted by Gasteiger charge is -2.42. The normalized spacial score (nSPS) is 30.9. The molecule has 3 N–H and O–H groups in total. The number of nitrogens with zero attached hydrogens (tertiary/aromatic N) is 1. The zero-order valence-corrected chi connectivity index (χ0v) is 18.1. The number of benzene rings is 1. The van der Waals surface area contributed by atoms with E-state index in [1.165, 1.54) is 5.56 Å². The van der Waals surface area contributed by atoms with E-state index in [0.29, 0.717) is 24.3 Å². The summed E-state index contributed by atoms with van der Waals surface area (Å²) in [6, 6.07) is 10.9. The second-order valence-electron chi connectivity index (χ2n) is 8.20. The summed E-state index contributed by atoms with van der Waals surface area (Å²) >= 11 is 0. The van der Waals surface area contributed by atoms with Gasteiger partial charge in [-0.15, -0.1) is 24.8 Å². The monoisotopic (exact) mass is 415 g/mol. The van der Waals surface area contributed by atoms with Gasteiger partial charge < -0.3 is 11.1 Å². The van der Waals surface area contributed by atoms with Crippen LogP contribution in [0.3, 0.4) is 0 Å². The Hall–Kier alpha value is -0.810. The topological polar surface area (TPSA) is 58.4 Å². The molecule has 1 aliphatic heterocycles. The fourth-order valence-electron chi connectivity index (χ4n) is 4.87. The molecule has 1 aromatic rings. The van der Waals surface area contributed by atoms with Crippen LogP contribution in [0.4, 0.5) is 0 Å². The number of hydrogen-bond acceptors (Lipinski definition) is 3. The van der Waals surface area contributed by atoms with Crippen LogP contribution in [0.5, 0.6) is 0 Å². The molecule has 2 unspecified atom stereocenters. The zero-order chi connectivity index (χ0) is 17.8. The van der Waals surface area contributed by atoms with E-state index in [-0.39, 0.29) is 42.7 Å². The molecule has 0 aromatic heterocycles. The standard InChI is InChI=1S/C21H33N3O.2ClH/c1-15-12-24(14-17-7-4-3-5-8-17)13-16(2)20(15)23-21(25)19-10-6-9-18(19)11-22;;/h3-5,7-8,15-16,18-20H,6,9-14,22H2,1-2H3,(H,23,25);2*1H/t15?,16?,18-,19-,20?;;/m1../s1. The van der Waals surface area contributed by atoms with Crippen molar-refractivity contribution in [1.82, 2.24) is 10.2 Å². The molecule has 1 amide bonds. The van der Waals surface area contributed by atoms with Gasteiger partial charge in [0, 0.05) is 31.6 Å². The Kier molecular flexibility index (Phi) is 10.1. The molecule has 2 aliphatic rings. The summed E-state index contributed by atoms with van der Waals surface area (Å²) in [4.78, 5) is 15.3. The minimum Gasteiger partial charge on any atom is -0.352 e. The number of nitrogens with two attached hydrogens (primary N) is 1. The predicted molar refractivity (Wildman–Crippen MR) is 116 cm³/mol. The second kappa shape index (κ2) is 11.3. The van der Waals surface area contributed by atoms with Crippen LogP contribution in [-0.2, 0) is 11.3 Å². The van der Waals surface area contributed by atoms with Crippen molar-refractivity contribution in [2.45, 2.75) is 45.7 Å². The molecule has 6 heteroatoms. The van der Waals surface area contributed by atoms with Crippen molar-refractivity contribution in [3.8, 4) is 0 Å². The van der Waals surface area contributed by atoms with E-state index in [4.69, 9.17) is 5.73 Å². The maximum atomic E-state index is 12.8. The number of piperidine rings is 1. The summed E-state index contributed by atoms with van der Waals surface area (Å²) < 4.78 is 0. The first-order valence-electron chi connectivity index (χ1n) is 9.85. The maximum Gasteiger partial charge on any atom is 0.223 e. The SMILES string of the molecule is CC1CN(Cc2ccccc2)CC(C)C1NC(=O)[C@@H]1CCC[C@@H]1CN.Cl.Cl. The number of likely N-dealkylation sites (tertiary alicyclic amines) is 1. The molecular formula is C21H35Cl2N3O. The number of carbonyl (C=O) groups excluding carboxylic acids is 1. The summed E-state index contributed by atoms with van der Waals surface area (Å²) in [5.74, 6) is 1.69. The van der Waals surface area contributed by atoms with Gasteiger partial charge in [-0.25, -0.2) is 0 Å². The minimum absolute atomic E-state index is 0. The summed E-state index contributed by atoms with van der Waals surface area (Å²) in [5, 5.41) is 3.39. The molecule has 1 aromatic carbocycles. The molecule has 1 saturated carbocycles. The highest BCUT2D eigenvalue weighted by atomic mass is 35.5. The smallest absolute Gasteiger partial charge is 0.223 e. The highest BCUT2D eigenvalue weighted by Gasteiger charge is 2.37. The van der Waals surface area contributed by atoms with Gasteiger partial charge in [-0.1, -0.05) is 50.6 Å². The van der Waals surface area contributed by atoms with Crippen LogP contribution in [0.15, 0.2) is 30.3 Å². The molecule has 154 valence electrons. The van der Waals surface area contributed by atoms with Crippen LogP contribution in [0.1, 0.15) is 38.7 Å². The average molecular weight is 416 g/mol. The van der Waals surface area contributed by atoms with Gasteiger partial charge in [0.15, 0.2) is 0 Å². The van der Waals surface area contributed by atoms with Gasteiger partial charge in [-0.2, -0.15) is 0 Å². The second-order valence-corrected chi connectivity index (χ2v) is 8.20. The molecule has 4 atom stereocenters. The molecule has 4 nitrogen and oxygen atoms in total. The van der Waals surface area contributed by atoms with Gasteiger partial charge in [-0.05, 0) is 42.7 Å². The molecule has 1 heterocycles. The van der Waals surface area contributed by atoms with E-state index in [0.717, 1.165) is 38.9 Å². The lowest BCUT2D eigenvalue weighted by molar-refractivity contribution is -0.128. The van der Waals surface area contributed by atoms with Crippen molar-refractivity contribution in [3.63, 3.8) is 0 Å². The molecule has 2 fully saturated rings. The summed E-state index contributed by atoms with van der Waals surface area (Å²) in [6.07, 6.45) is 3.25. The first-order chi connectivity index (χ1) is 12.1. The first-order valence-corrected chi connectivity index (χ1v) is 9.85. The third kappa shape index (κ3) is 6.08. The van der Waals surface area contributed by atoms with Gasteiger partial charge in [0.2, 0.25) is 5.91 Å². The Balaban J connectivity index is 0.00000182. The molecule has 0 radical (unpaired) electrons. The third-order valence-corrected chi connectivity index (χ3v) is 6.17. The van der Waals surface area contributed by atoms with Crippen LogP contribution in [0.2, 0.25) is 0 Å². The number of carbonyl (C=O) groups is 1. The van der Waals surface area contributed by atoms with Crippen LogP contribution >= 0.6 is 24.8 Å². The number of hydrogen-bond donors (Lipinski definition) is 2. The molecule has 1 saturated heterocycles. The van der Waals surface area contributed by atoms with Crippen LogP contribution in [-0.4, -0.2) is 36.5 Å². The van der Waals surface area contributed by atoms with Crippen molar-refractivity contribution in [1.29, 1.82) is 0 Å². The molecule has 3 rings (SSSR count). The summed E-state index contributed by atoms with van der Waals surface area (Å²) in [7, 11) is 0. The van der Waals surface area contributed by atoms with Crippen molar-refractivity contribution in [2.24, 2.45) is 29.4 Å². The van der Waals surface area contributed by atoms with E-state index in [9.17, 15) is 4.79 Å². The summed E-state index contributed by atoms with van der Waals surface area (Å²) in [6.45, 7) is 8.25. The number of halogens is 2. The van der Waals surface area contributed by atoms with Gasteiger partial charge >= 0.3 is 0 Å². The van der Waals surface area contributed by atoms with E-state index in [1.54, 1.807) is 0 Å². The lowest BCUT2D eigenvalue weighted by Crippen LogP contribution is -2.55. The molecule has 27 heavy (non-hydrogen) atoms. The zero-order valence-electron chi connectivity index (χ0n) is 16.5. The van der Waals surface area contributed by atoms with E-state index in [2.05, 4.69) is 54.4 Å². The van der Waals surface area contributed by atoms with Gasteiger partial charge in [0.05, 0.1) is 0 Å². The van der Waals surface area contributed by atoms with Gasteiger partial charge in [0.25, 0.3) is 0 Å². The summed E-state index contributed by atoms with van der Waals surface area (Å²) in [5.41, 5.74) is 7.22. The van der Waals surface area contributed by atoms with Gasteiger partial charge in [0.1, 0.15) is 0 Å². The van der Waals surface area contributed by atoms with Crippen molar-refractivity contribution >= 4 is 30.7 Å². The van der Waals surface area contributed by atoms with Crippen molar-refractivity contribution < 1.29 is 4.79 Å². The Morgan fingerprint density at radius 1 is 1.11 bits per heavy atom. The van der Waals surface area contributed by atoms with Crippen LogP contribution in [0.25, 0.3) is 0 Å². The molecule has 0 bridgehead atoms. The Morgan fingerprint density at radius 3 is 2.33 bits per heavy atom. The number of nitrogens with one attached hydrogen (secondary N) is 1. The largest absolute Gasteiger partial charge is 0.352 e. The Morgan fingerprint density at radius 2 is 1.74 bits per heavy atom. The highest BCUT2D eigenvalue weighted by molar-refractivity contribution is 5.85. The van der Waals surface area contributed by atoms with Crippen LogP contribution in [0, 0.1) is 23.7 Å². The predicted octanol–water partition coefficient (Wildman–Crippen LogP) is 3.48. The highest BCUT2D eigenvalue weighted by Crippen LogP contribution is 2.32. The minimum atomic E-state index is 0. The number of rotatable bonds is 5. The van der Waals surface area contributed by atoms with E-state index >= 15 is 0 Å². The van der Waals surface area contributed by atoms with E-state index < -0.39 is 0 Å². The fraction of sp³-hybridized carbons (Fsp3) is 0.667.